The molecule has 3 nitrogen and oxygen atoms in total. The number of hydrogen-bond acceptors (Lipinski definition) is 2. The van der Waals surface area contributed by atoms with Gasteiger partial charge in [-0.2, -0.15) is 0 Å². The Morgan fingerprint density at radius 2 is 2.06 bits per heavy atom. The van der Waals surface area contributed by atoms with E-state index in [1.54, 1.807) is 12.5 Å². The van der Waals surface area contributed by atoms with Gasteiger partial charge in [0, 0.05) is 6.04 Å². The van der Waals surface area contributed by atoms with Crippen LogP contribution >= 0.6 is 0 Å². The van der Waals surface area contributed by atoms with Gasteiger partial charge in [0.25, 0.3) is 0 Å². The number of aromatic nitrogens is 2. The van der Waals surface area contributed by atoms with E-state index in [2.05, 4.69) is 32.7 Å². The topological polar surface area (TPSA) is 38.1 Å². The molecule has 1 aromatic rings. The maximum Gasteiger partial charge on any atom is 0.0958 e. The number of aliphatic hydroxyl groups is 1. The molecule has 0 amide bonds. The Bertz CT molecular complexity index is 307. The van der Waals surface area contributed by atoms with Crippen LogP contribution in [-0.4, -0.2) is 14.7 Å². The predicted octanol–water partition coefficient (Wildman–Crippen LogP) is 3.32. The predicted molar refractivity (Wildman–Crippen MR) is 66.3 cm³/mol. The standard InChI is InChI=1S/C13H24N2O/c1-5-6-11(4)7-13(16)12-8-14-9-15(12)10(2)3/h8-11,13,16H,5-7H2,1-4H3. The van der Waals surface area contributed by atoms with Crippen LogP contribution < -0.4 is 0 Å². The molecule has 1 heterocycles. The molecule has 0 aliphatic heterocycles. The Hall–Kier alpha value is -0.830. The molecule has 1 aromatic heterocycles. The van der Waals surface area contributed by atoms with Crippen LogP contribution in [0.3, 0.4) is 0 Å². The van der Waals surface area contributed by atoms with Gasteiger partial charge in [0.15, 0.2) is 0 Å². The molecular weight excluding hydrogens is 200 g/mol. The average molecular weight is 224 g/mol. The second kappa shape index (κ2) is 6.04. The number of rotatable bonds is 6. The number of imidazole rings is 1. The molecule has 2 unspecified atom stereocenters. The SMILES string of the molecule is CCCC(C)CC(O)c1cncn1C(C)C. The third-order valence-electron chi connectivity index (χ3n) is 3.00. The van der Waals surface area contributed by atoms with Crippen LogP contribution in [0.1, 0.15) is 64.8 Å². The molecule has 92 valence electrons. The maximum absolute atomic E-state index is 10.2. The quantitative estimate of drug-likeness (QED) is 0.805. The molecule has 0 saturated carbocycles. The molecule has 0 radical (unpaired) electrons. The first-order chi connectivity index (χ1) is 7.56. The summed E-state index contributed by atoms with van der Waals surface area (Å²) in [5.74, 6) is 0.565. The molecule has 0 aromatic carbocycles. The van der Waals surface area contributed by atoms with Gasteiger partial charge in [-0.3, -0.25) is 0 Å². The van der Waals surface area contributed by atoms with Crippen LogP contribution in [0.4, 0.5) is 0 Å². The van der Waals surface area contributed by atoms with Crippen LogP contribution in [0.15, 0.2) is 12.5 Å². The van der Waals surface area contributed by atoms with Gasteiger partial charge in [-0.15, -0.1) is 0 Å². The van der Waals surface area contributed by atoms with E-state index in [0.717, 1.165) is 12.1 Å². The molecular formula is C13H24N2O. The van der Waals surface area contributed by atoms with Crippen molar-refractivity contribution in [2.24, 2.45) is 5.92 Å². The molecule has 16 heavy (non-hydrogen) atoms. The van der Waals surface area contributed by atoms with Gasteiger partial charge in [0.2, 0.25) is 0 Å². The van der Waals surface area contributed by atoms with Gasteiger partial charge in [-0.1, -0.05) is 26.7 Å². The van der Waals surface area contributed by atoms with E-state index in [-0.39, 0.29) is 6.10 Å². The van der Waals surface area contributed by atoms with E-state index in [4.69, 9.17) is 0 Å². The molecule has 0 fully saturated rings. The lowest BCUT2D eigenvalue weighted by Gasteiger charge is -2.19. The molecule has 0 aliphatic rings. The Morgan fingerprint density at radius 1 is 1.38 bits per heavy atom. The van der Waals surface area contributed by atoms with Gasteiger partial charge in [-0.05, 0) is 26.2 Å². The van der Waals surface area contributed by atoms with E-state index in [1.165, 1.54) is 12.8 Å². The molecule has 3 heteroatoms. The lowest BCUT2D eigenvalue weighted by atomic mass is 9.97. The third-order valence-corrected chi connectivity index (χ3v) is 3.00. The zero-order valence-corrected chi connectivity index (χ0v) is 10.8. The van der Waals surface area contributed by atoms with Crippen molar-refractivity contribution in [3.63, 3.8) is 0 Å². The largest absolute Gasteiger partial charge is 0.387 e. The highest BCUT2D eigenvalue weighted by Crippen LogP contribution is 2.25. The highest BCUT2D eigenvalue weighted by Gasteiger charge is 2.16. The maximum atomic E-state index is 10.2. The van der Waals surface area contributed by atoms with Crippen molar-refractivity contribution < 1.29 is 5.11 Å². The van der Waals surface area contributed by atoms with E-state index >= 15 is 0 Å². The Kier molecular flexibility index (Phi) is 5.00. The normalized spacial score (nSPS) is 15.4. The number of nitrogens with zero attached hydrogens (tertiary/aromatic N) is 2. The second-order valence-electron chi connectivity index (χ2n) is 4.96. The molecule has 1 N–H and O–H groups in total. The van der Waals surface area contributed by atoms with Crippen molar-refractivity contribution in [1.29, 1.82) is 0 Å². The summed E-state index contributed by atoms with van der Waals surface area (Å²) in [7, 11) is 0. The van der Waals surface area contributed by atoms with Crippen molar-refractivity contribution in [1.82, 2.24) is 9.55 Å². The minimum absolute atomic E-state index is 0.355. The Morgan fingerprint density at radius 3 is 2.62 bits per heavy atom. The van der Waals surface area contributed by atoms with Crippen LogP contribution in [0, 0.1) is 5.92 Å². The summed E-state index contributed by atoms with van der Waals surface area (Å²) >= 11 is 0. The van der Waals surface area contributed by atoms with Gasteiger partial charge >= 0.3 is 0 Å². The summed E-state index contributed by atoms with van der Waals surface area (Å²) in [5.41, 5.74) is 0.943. The molecule has 0 spiro atoms. The summed E-state index contributed by atoms with van der Waals surface area (Å²) in [4.78, 5) is 4.12. The number of aliphatic hydroxyl groups excluding tert-OH is 1. The molecule has 2 atom stereocenters. The summed E-state index contributed by atoms with van der Waals surface area (Å²) in [6, 6.07) is 0.355. The lowest BCUT2D eigenvalue weighted by molar-refractivity contribution is 0.135. The third kappa shape index (κ3) is 3.34. The van der Waals surface area contributed by atoms with Crippen LogP contribution in [0.25, 0.3) is 0 Å². The first-order valence-electron chi connectivity index (χ1n) is 6.26. The Balaban J connectivity index is 2.65. The van der Waals surface area contributed by atoms with E-state index in [1.807, 2.05) is 4.57 Å². The van der Waals surface area contributed by atoms with Crippen molar-refractivity contribution in [2.75, 3.05) is 0 Å². The van der Waals surface area contributed by atoms with Crippen LogP contribution in [-0.2, 0) is 0 Å². The van der Waals surface area contributed by atoms with Crippen LogP contribution in [0.2, 0.25) is 0 Å². The van der Waals surface area contributed by atoms with Gasteiger partial charge in [0.05, 0.1) is 24.3 Å². The highest BCUT2D eigenvalue weighted by atomic mass is 16.3. The fourth-order valence-corrected chi connectivity index (χ4v) is 2.12. The molecule has 0 saturated heterocycles. The average Bonchev–Trinajstić information content (AvgIpc) is 2.65. The van der Waals surface area contributed by atoms with Crippen molar-refractivity contribution >= 4 is 0 Å². The summed E-state index contributed by atoms with van der Waals surface area (Å²) < 4.78 is 2.04. The fourth-order valence-electron chi connectivity index (χ4n) is 2.12. The zero-order valence-electron chi connectivity index (χ0n) is 10.8. The first kappa shape index (κ1) is 13.2. The van der Waals surface area contributed by atoms with Crippen molar-refractivity contribution in [3.8, 4) is 0 Å². The smallest absolute Gasteiger partial charge is 0.0958 e. The minimum atomic E-state index is -0.383. The molecule has 0 aliphatic carbocycles. The summed E-state index contributed by atoms with van der Waals surface area (Å²) in [6.07, 6.45) is 6.37. The Labute approximate surface area is 98.5 Å². The van der Waals surface area contributed by atoms with Crippen molar-refractivity contribution in [2.45, 2.75) is 59.1 Å². The van der Waals surface area contributed by atoms with Crippen LogP contribution in [0.5, 0.6) is 0 Å². The number of hydrogen-bond donors (Lipinski definition) is 1. The molecule has 0 bridgehead atoms. The van der Waals surface area contributed by atoms with Gasteiger partial charge in [-0.25, -0.2) is 4.98 Å². The van der Waals surface area contributed by atoms with E-state index < -0.39 is 0 Å². The minimum Gasteiger partial charge on any atom is -0.387 e. The van der Waals surface area contributed by atoms with Crippen molar-refractivity contribution in [3.05, 3.63) is 18.2 Å². The van der Waals surface area contributed by atoms with E-state index in [9.17, 15) is 5.11 Å². The van der Waals surface area contributed by atoms with Gasteiger partial charge in [0.1, 0.15) is 0 Å². The molecule has 1 rings (SSSR count). The first-order valence-corrected chi connectivity index (χ1v) is 6.26. The monoisotopic (exact) mass is 224 g/mol. The summed E-state index contributed by atoms with van der Waals surface area (Å²) in [5, 5.41) is 10.2. The van der Waals surface area contributed by atoms with E-state index in [0.29, 0.717) is 12.0 Å². The summed E-state index contributed by atoms with van der Waals surface area (Å²) in [6.45, 7) is 8.59. The highest BCUT2D eigenvalue weighted by molar-refractivity contribution is 5.04. The van der Waals surface area contributed by atoms with Gasteiger partial charge < -0.3 is 9.67 Å². The zero-order chi connectivity index (χ0) is 12.1. The fraction of sp³-hybridized carbons (Fsp3) is 0.769. The second-order valence-corrected chi connectivity index (χ2v) is 4.96. The lowest BCUT2D eigenvalue weighted by Crippen LogP contribution is -2.11.